The van der Waals surface area contributed by atoms with Gasteiger partial charge in [0.05, 0.1) is 6.61 Å². The summed E-state index contributed by atoms with van der Waals surface area (Å²) in [6, 6.07) is -0.860. The number of carbonyl (C=O) groups excluding carboxylic acids is 1. The third-order valence-electron chi connectivity index (χ3n) is 6.53. The maximum atomic E-state index is 11.4. The lowest BCUT2D eigenvalue weighted by Crippen LogP contribution is -2.64. The number of rotatable bonds is 20. The molecule has 1 heterocycles. The summed E-state index contributed by atoms with van der Waals surface area (Å²) in [5, 5.41) is 32.2. The molecule has 1 aliphatic rings. The van der Waals surface area contributed by atoms with Gasteiger partial charge in [0.2, 0.25) is 5.91 Å². The van der Waals surface area contributed by atoms with E-state index in [4.69, 9.17) is 9.47 Å². The van der Waals surface area contributed by atoms with Crippen LogP contribution in [0.3, 0.4) is 0 Å². The first-order chi connectivity index (χ1) is 16.0. The van der Waals surface area contributed by atoms with Crippen LogP contribution < -0.4 is 5.32 Å². The highest BCUT2D eigenvalue weighted by molar-refractivity contribution is 5.73. The van der Waals surface area contributed by atoms with Crippen LogP contribution >= 0.6 is 0 Å². The minimum atomic E-state index is -1.28. The molecule has 4 N–H and O–H groups in total. The van der Waals surface area contributed by atoms with E-state index >= 15 is 0 Å². The molecule has 1 rings (SSSR count). The average molecular weight is 474 g/mol. The van der Waals surface area contributed by atoms with Gasteiger partial charge in [0.15, 0.2) is 6.29 Å². The Hall–Kier alpha value is -0.730. The first-order valence-electron chi connectivity index (χ1n) is 13.5. The van der Waals surface area contributed by atoms with Gasteiger partial charge in [0.25, 0.3) is 0 Å². The largest absolute Gasteiger partial charge is 0.394 e. The van der Waals surface area contributed by atoms with Crippen molar-refractivity contribution in [1.29, 1.82) is 0 Å². The van der Waals surface area contributed by atoms with Crippen LogP contribution in [0.25, 0.3) is 0 Å². The molecular weight excluding hydrogens is 422 g/mol. The highest BCUT2D eigenvalue weighted by atomic mass is 16.7. The molecule has 0 aromatic carbocycles. The Labute approximate surface area is 201 Å². The van der Waals surface area contributed by atoms with Crippen LogP contribution in [0.15, 0.2) is 0 Å². The number of aliphatic hydroxyl groups excluding tert-OH is 3. The van der Waals surface area contributed by atoms with E-state index in [1.54, 1.807) is 0 Å². The zero-order chi connectivity index (χ0) is 24.3. The lowest BCUT2D eigenvalue weighted by Gasteiger charge is -2.42. The molecule has 1 fully saturated rings. The first-order valence-corrected chi connectivity index (χ1v) is 13.5. The van der Waals surface area contributed by atoms with E-state index in [1.807, 2.05) is 0 Å². The number of ether oxygens (including phenoxy) is 2. The van der Waals surface area contributed by atoms with E-state index in [1.165, 1.54) is 96.8 Å². The fourth-order valence-electron chi connectivity index (χ4n) is 4.46. The van der Waals surface area contributed by atoms with Gasteiger partial charge in [0, 0.05) is 13.5 Å². The van der Waals surface area contributed by atoms with Gasteiger partial charge in [-0.2, -0.15) is 0 Å². The standard InChI is InChI=1S/C26H51NO6/c1-3-4-5-6-7-8-9-10-11-12-13-14-15-16-17-18-19-32-26-23(27-21(2)29)25(31)24(30)22(20-28)33-26/h22-26,28,30-31H,3-20H2,1-2H3,(H,27,29)/t22-,23+,24+,25+,26-/m1/s1. The van der Waals surface area contributed by atoms with Crippen molar-refractivity contribution in [3.05, 3.63) is 0 Å². The van der Waals surface area contributed by atoms with Crippen LogP contribution in [0.2, 0.25) is 0 Å². The predicted octanol–water partition coefficient (Wildman–Crippen LogP) is 4.21. The summed E-state index contributed by atoms with van der Waals surface area (Å²) in [6.07, 6.45) is 16.5. The van der Waals surface area contributed by atoms with Crippen LogP contribution in [-0.2, 0) is 14.3 Å². The lowest BCUT2D eigenvalue weighted by atomic mass is 9.97. The molecule has 0 aromatic rings. The molecule has 0 aliphatic carbocycles. The Balaban J connectivity index is 2.01. The van der Waals surface area contributed by atoms with E-state index in [-0.39, 0.29) is 5.91 Å². The predicted molar refractivity (Wildman–Crippen MR) is 131 cm³/mol. The third-order valence-corrected chi connectivity index (χ3v) is 6.53. The van der Waals surface area contributed by atoms with Gasteiger partial charge in [0.1, 0.15) is 24.4 Å². The van der Waals surface area contributed by atoms with Crippen molar-refractivity contribution in [1.82, 2.24) is 5.32 Å². The van der Waals surface area contributed by atoms with Gasteiger partial charge in [-0.1, -0.05) is 103 Å². The van der Waals surface area contributed by atoms with Gasteiger partial charge in [-0.05, 0) is 6.42 Å². The number of nitrogens with one attached hydrogen (secondary N) is 1. The quantitative estimate of drug-likeness (QED) is 0.197. The van der Waals surface area contributed by atoms with E-state index in [9.17, 15) is 20.1 Å². The molecule has 1 saturated heterocycles. The Morgan fingerprint density at radius 1 is 0.788 bits per heavy atom. The SMILES string of the molecule is CCCCCCCCCCCCCCCCCCO[C@@H]1O[C@H](CO)[C@H](O)[C@@H](O)[C@@H]1NC(C)=O. The summed E-state index contributed by atoms with van der Waals surface area (Å²) in [5.74, 6) is -0.340. The second kappa shape index (κ2) is 19.6. The van der Waals surface area contributed by atoms with Crippen molar-refractivity contribution in [2.45, 2.75) is 147 Å². The van der Waals surface area contributed by atoms with Crippen molar-refractivity contribution < 1.29 is 29.6 Å². The molecule has 0 unspecified atom stereocenters. The molecule has 196 valence electrons. The molecular formula is C26H51NO6. The molecule has 7 heteroatoms. The van der Waals surface area contributed by atoms with Gasteiger partial charge in [-0.15, -0.1) is 0 Å². The minimum Gasteiger partial charge on any atom is -0.394 e. The maximum Gasteiger partial charge on any atom is 0.217 e. The summed E-state index contributed by atoms with van der Waals surface area (Å²) >= 11 is 0. The molecule has 33 heavy (non-hydrogen) atoms. The molecule has 5 atom stereocenters. The van der Waals surface area contributed by atoms with Crippen molar-refractivity contribution in [2.75, 3.05) is 13.2 Å². The summed E-state index contributed by atoms with van der Waals surface area (Å²) in [4.78, 5) is 11.4. The average Bonchev–Trinajstić information content (AvgIpc) is 2.80. The number of aliphatic hydroxyl groups is 3. The monoisotopic (exact) mass is 473 g/mol. The van der Waals surface area contributed by atoms with Crippen molar-refractivity contribution in [3.63, 3.8) is 0 Å². The van der Waals surface area contributed by atoms with Gasteiger partial charge in [-0.25, -0.2) is 0 Å². The Bertz CT molecular complexity index is 478. The number of hydrogen-bond acceptors (Lipinski definition) is 6. The van der Waals surface area contributed by atoms with Crippen molar-refractivity contribution in [3.8, 4) is 0 Å². The fourth-order valence-corrected chi connectivity index (χ4v) is 4.46. The van der Waals surface area contributed by atoms with Gasteiger partial charge in [-0.3, -0.25) is 4.79 Å². The normalized spacial score (nSPS) is 25.3. The minimum absolute atomic E-state index is 0.340. The molecule has 0 bridgehead atoms. The van der Waals surface area contributed by atoms with Crippen LogP contribution in [-0.4, -0.2) is 65.1 Å². The van der Waals surface area contributed by atoms with Crippen LogP contribution in [0.4, 0.5) is 0 Å². The third kappa shape index (κ3) is 13.7. The smallest absolute Gasteiger partial charge is 0.217 e. The topological polar surface area (TPSA) is 108 Å². The van der Waals surface area contributed by atoms with Gasteiger partial charge < -0.3 is 30.1 Å². The highest BCUT2D eigenvalue weighted by Crippen LogP contribution is 2.22. The van der Waals surface area contributed by atoms with E-state index in [2.05, 4.69) is 12.2 Å². The number of amides is 1. The van der Waals surface area contributed by atoms with Crippen molar-refractivity contribution >= 4 is 5.91 Å². The van der Waals surface area contributed by atoms with E-state index in [0.29, 0.717) is 6.61 Å². The lowest BCUT2D eigenvalue weighted by molar-refractivity contribution is -0.270. The highest BCUT2D eigenvalue weighted by Gasteiger charge is 2.45. The molecule has 0 saturated carbocycles. The van der Waals surface area contributed by atoms with E-state index in [0.717, 1.165) is 12.8 Å². The second-order valence-electron chi connectivity index (χ2n) is 9.61. The molecule has 0 spiro atoms. The Morgan fingerprint density at radius 3 is 1.67 bits per heavy atom. The number of carbonyl (C=O) groups is 1. The second-order valence-corrected chi connectivity index (χ2v) is 9.61. The van der Waals surface area contributed by atoms with Crippen molar-refractivity contribution in [2.24, 2.45) is 0 Å². The molecule has 1 amide bonds. The zero-order valence-corrected chi connectivity index (χ0v) is 21.2. The first kappa shape index (κ1) is 30.3. The molecule has 1 aliphatic heterocycles. The summed E-state index contributed by atoms with van der Waals surface area (Å²) in [5.41, 5.74) is 0. The summed E-state index contributed by atoms with van der Waals surface area (Å²) in [7, 11) is 0. The number of unbranched alkanes of at least 4 members (excludes halogenated alkanes) is 15. The maximum absolute atomic E-state index is 11.4. The zero-order valence-electron chi connectivity index (χ0n) is 21.2. The Kier molecular flexibility index (Phi) is 18.0. The van der Waals surface area contributed by atoms with Crippen LogP contribution in [0.5, 0.6) is 0 Å². The fraction of sp³-hybridized carbons (Fsp3) is 0.962. The Morgan fingerprint density at radius 2 is 1.24 bits per heavy atom. The molecule has 7 nitrogen and oxygen atoms in total. The van der Waals surface area contributed by atoms with Crippen LogP contribution in [0.1, 0.15) is 117 Å². The van der Waals surface area contributed by atoms with E-state index < -0.39 is 37.3 Å². The van der Waals surface area contributed by atoms with Crippen LogP contribution in [0, 0.1) is 0 Å². The number of hydrogen-bond donors (Lipinski definition) is 4. The summed E-state index contributed by atoms with van der Waals surface area (Å²) in [6.45, 7) is 3.62. The molecule has 0 radical (unpaired) electrons. The molecule has 0 aromatic heterocycles. The summed E-state index contributed by atoms with van der Waals surface area (Å²) < 4.78 is 11.3. The van der Waals surface area contributed by atoms with Gasteiger partial charge >= 0.3 is 0 Å².